The third kappa shape index (κ3) is 6.13. The molecule has 0 aromatic heterocycles. The predicted molar refractivity (Wildman–Crippen MR) is 64.4 cm³/mol. The highest BCUT2D eigenvalue weighted by molar-refractivity contribution is 5.28. The van der Waals surface area contributed by atoms with Crippen molar-refractivity contribution >= 4 is 0 Å². The highest BCUT2D eigenvalue weighted by atomic mass is 16.5. The maximum absolute atomic E-state index is 8.57. The first kappa shape index (κ1) is 14.0. The molecule has 2 nitrogen and oxygen atoms in total. The molecule has 1 N–H and O–H groups in total. The molecule has 0 amide bonds. The minimum Gasteiger partial charge on any atom is -0.493 e. The summed E-state index contributed by atoms with van der Waals surface area (Å²) in [6, 6.07) is 8.06. The molecule has 0 atom stereocenters. The Kier molecular flexibility index (Phi) is 8.88. The van der Waals surface area contributed by atoms with Gasteiger partial charge in [0.1, 0.15) is 5.75 Å². The maximum Gasteiger partial charge on any atom is 0.119 e. The summed E-state index contributed by atoms with van der Waals surface area (Å²) < 4.78 is 5.43. The fraction of sp³-hybridized carbons (Fsp3) is 0.538. The molecule has 1 aromatic rings. The summed E-state index contributed by atoms with van der Waals surface area (Å²) in [5.74, 6) is 0.896. The predicted octanol–water partition coefficient (Wildman–Crippen LogP) is 3.04. The first-order valence-electron chi connectivity index (χ1n) is 5.69. The Morgan fingerprint density at radius 3 is 2.60 bits per heavy atom. The van der Waals surface area contributed by atoms with Crippen molar-refractivity contribution in [2.75, 3.05) is 13.2 Å². The van der Waals surface area contributed by atoms with Crippen LogP contribution in [0.15, 0.2) is 24.3 Å². The molecule has 0 aliphatic rings. The van der Waals surface area contributed by atoms with Crippen LogP contribution in [-0.4, -0.2) is 18.3 Å². The van der Waals surface area contributed by atoms with E-state index in [4.69, 9.17) is 9.84 Å². The monoisotopic (exact) mass is 210 g/mol. The van der Waals surface area contributed by atoms with Crippen molar-refractivity contribution in [2.24, 2.45) is 0 Å². The smallest absolute Gasteiger partial charge is 0.119 e. The van der Waals surface area contributed by atoms with Crippen LogP contribution < -0.4 is 4.74 Å². The molecule has 0 saturated heterocycles. The van der Waals surface area contributed by atoms with Gasteiger partial charge in [-0.05, 0) is 24.1 Å². The van der Waals surface area contributed by atoms with Gasteiger partial charge in [0.2, 0.25) is 0 Å². The van der Waals surface area contributed by atoms with Gasteiger partial charge in [-0.25, -0.2) is 0 Å². The average Bonchev–Trinajstić information content (AvgIpc) is 2.32. The second-order valence-electron chi connectivity index (χ2n) is 2.93. The first-order chi connectivity index (χ1) is 7.36. The Hall–Kier alpha value is -1.02. The van der Waals surface area contributed by atoms with Crippen LogP contribution in [0, 0.1) is 0 Å². The van der Waals surface area contributed by atoms with Crippen LogP contribution in [-0.2, 0) is 6.42 Å². The molecule has 0 saturated carbocycles. The van der Waals surface area contributed by atoms with E-state index >= 15 is 0 Å². The lowest BCUT2D eigenvalue weighted by molar-refractivity contribution is 0.233. The molecular formula is C13H22O2. The minimum atomic E-state index is 0.188. The summed E-state index contributed by atoms with van der Waals surface area (Å²) in [5.41, 5.74) is 1.28. The number of hydrogen-bond acceptors (Lipinski definition) is 2. The SMILES string of the molecule is CC.CCc1cccc(OCCCO)c1. The number of aliphatic hydroxyl groups excluding tert-OH is 1. The number of aliphatic hydroxyl groups is 1. The topological polar surface area (TPSA) is 29.5 Å². The van der Waals surface area contributed by atoms with Crippen molar-refractivity contribution in [1.29, 1.82) is 0 Å². The lowest BCUT2D eigenvalue weighted by Gasteiger charge is -2.05. The first-order valence-corrected chi connectivity index (χ1v) is 5.69. The molecule has 15 heavy (non-hydrogen) atoms. The van der Waals surface area contributed by atoms with E-state index < -0.39 is 0 Å². The second-order valence-corrected chi connectivity index (χ2v) is 2.93. The van der Waals surface area contributed by atoms with Crippen LogP contribution in [0.5, 0.6) is 5.75 Å². The molecule has 0 aliphatic heterocycles. The fourth-order valence-electron chi connectivity index (χ4n) is 1.11. The molecule has 86 valence electrons. The zero-order valence-electron chi connectivity index (χ0n) is 9.99. The Morgan fingerprint density at radius 1 is 1.27 bits per heavy atom. The Labute approximate surface area is 92.9 Å². The van der Waals surface area contributed by atoms with Gasteiger partial charge >= 0.3 is 0 Å². The van der Waals surface area contributed by atoms with Crippen LogP contribution >= 0.6 is 0 Å². The third-order valence-corrected chi connectivity index (χ3v) is 1.88. The molecule has 2 heteroatoms. The standard InChI is InChI=1S/C11H16O2.C2H6/c1-2-10-5-3-6-11(9-10)13-8-4-7-12;1-2/h3,5-6,9,12H,2,4,7-8H2,1H3;1-2H3. The van der Waals surface area contributed by atoms with Gasteiger partial charge in [0.25, 0.3) is 0 Å². The van der Waals surface area contributed by atoms with E-state index in [1.165, 1.54) is 5.56 Å². The van der Waals surface area contributed by atoms with E-state index in [0.717, 1.165) is 12.2 Å². The van der Waals surface area contributed by atoms with E-state index in [2.05, 4.69) is 13.0 Å². The van der Waals surface area contributed by atoms with Gasteiger partial charge in [0.15, 0.2) is 0 Å². The van der Waals surface area contributed by atoms with Crippen molar-refractivity contribution in [3.63, 3.8) is 0 Å². The van der Waals surface area contributed by atoms with Crippen molar-refractivity contribution in [2.45, 2.75) is 33.6 Å². The Balaban J connectivity index is 0.000000921. The summed E-state index contributed by atoms with van der Waals surface area (Å²) in [5, 5.41) is 8.57. The van der Waals surface area contributed by atoms with Gasteiger partial charge in [-0.3, -0.25) is 0 Å². The van der Waals surface area contributed by atoms with E-state index in [0.29, 0.717) is 13.0 Å². The molecule has 0 aliphatic carbocycles. The molecule has 0 fully saturated rings. The number of aryl methyl sites for hydroxylation is 1. The van der Waals surface area contributed by atoms with Crippen molar-refractivity contribution < 1.29 is 9.84 Å². The summed E-state index contributed by atoms with van der Waals surface area (Å²) in [6.45, 7) is 6.89. The molecule has 0 bridgehead atoms. The number of hydrogen-bond donors (Lipinski definition) is 1. The summed E-state index contributed by atoms with van der Waals surface area (Å²) in [4.78, 5) is 0. The Morgan fingerprint density at radius 2 is 2.00 bits per heavy atom. The van der Waals surface area contributed by atoms with Crippen LogP contribution in [0.3, 0.4) is 0 Å². The van der Waals surface area contributed by atoms with Gasteiger partial charge in [-0.1, -0.05) is 32.9 Å². The second kappa shape index (κ2) is 9.53. The molecule has 0 radical (unpaired) electrons. The van der Waals surface area contributed by atoms with E-state index in [-0.39, 0.29) is 6.61 Å². The average molecular weight is 210 g/mol. The molecule has 1 aromatic carbocycles. The number of rotatable bonds is 5. The maximum atomic E-state index is 8.57. The van der Waals surface area contributed by atoms with Gasteiger partial charge in [-0.15, -0.1) is 0 Å². The van der Waals surface area contributed by atoms with Gasteiger partial charge in [0, 0.05) is 13.0 Å². The van der Waals surface area contributed by atoms with Crippen LogP contribution in [0.25, 0.3) is 0 Å². The highest BCUT2D eigenvalue weighted by Crippen LogP contribution is 2.13. The highest BCUT2D eigenvalue weighted by Gasteiger charge is 1.94. The zero-order chi connectivity index (χ0) is 11.5. The van der Waals surface area contributed by atoms with Crippen molar-refractivity contribution in [3.05, 3.63) is 29.8 Å². The van der Waals surface area contributed by atoms with Gasteiger partial charge < -0.3 is 9.84 Å². The summed E-state index contributed by atoms with van der Waals surface area (Å²) >= 11 is 0. The molecule has 0 heterocycles. The molecule has 1 rings (SSSR count). The van der Waals surface area contributed by atoms with Crippen LogP contribution in [0.1, 0.15) is 32.8 Å². The molecular weight excluding hydrogens is 188 g/mol. The minimum absolute atomic E-state index is 0.188. The number of ether oxygens (including phenoxy) is 1. The molecule has 0 spiro atoms. The third-order valence-electron chi connectivity index (χ3n) is 1.88. The lowest BCUT2D eigenvalue weighted by Crippen LogP contribution is -1.99. The van der Waals surface area contributed by atoms with Crippen LogP contribution in [0.2, 0.25) is 0 Å². The Bertz CT molecular complexity index is 246. The lowest BCUT2D eigenvalue weighted by atomic mass is 10.2. The zero-order valence-corrected chi connectivity index (χ0v) is 9.99. The number of benzene rings is 1. The van der Waals surface area contributed by atoms with Crippen LogP contribution in [0.4, 0.5) is 0 Å². The van der Waals surface area contributed by atoms with E-state index in [1.54, 1.807) is 0 Å². The largest absolute Gasteiger partial charge is 0.493 e. The fourth-order valence-corrected chi connectivity index (χ4v) is 1.11. The quantitative estimate of drug-likeness (QED) is 0.757. The van der Waals surface area contributed by atoms with Crippen molar-refractivity contribution in [3.8, 4) is 5.75 Å². The normalized spacial score (nSPS) is 9.07. The van der Waals surface area contributed by atoms with E-state index in [1.807, 2.05) is 32.0 Å². The van der Waals surface area contributed by atoms with E-state index in [9.17, 15) is 0 Å². The molecule has 0 unspecified atom stereocenters. The van der Waals surface area contributed by atoms with Gasteiger partial charge in [0.05, 0.1) is 6.61 Å². The van der Waals surface area contributed by atoms with Gasteiger partial charge in [-0.2, -0.15) is 0 Å². The summed E-state index contributed by atoms with van der Waals surface area (Å²) in [7, 11) is 0. The van der Waals surface area contributed by atoms with Crippen molar-refractivity contribution in [1.82, 2.24) is 0 Å². The summed E-state index contributed by atoms with van der Waals surface area (Å²) in [6.07, 6.45) is 1.72.